The van der Waals surface area contributed by atoms with E-state index in [-0.39, 0.29) is 23.0 Å². The summed E-state index contributed by atoms with van der Waals surface area (Å²) in [5, 5.41) is 10.5. The maximum absolute atomic E-state index is 12.0. The minimum absolute atomic E-state index is 0.00761. The van der Waals surface area contributed by atoms with Gasteiger partial charge in [0.05, 0.1) is 28.1 Å². The number of halogens is 1. The summed E-state index contributed by atoms with van der Waals surface area (Å²) in [6, 6.07) is 12.0. The smallest absolute Gasteiger partial charge is 0.253 e. The van der Waals surface area contributed by atoms with E-state index in [1.807, 2.05) is 0 Å². The van der Waals surface area contributed by atoms with Crippen LogP contribution in [0.2, 0.25) is 5.02 Å². The molecular weight excluding hydrogens is 378 g/mol. The summed E-state index contributed by atoms with van der Waals surface area (Å²) >= 11 is 5.93. The Kier molecular flexibility index (Phi) is 6.36. The number of rotatable bonds is 6. The van der Waals surface area contributed by atoms with Crippen molar-refractivity contribution in [2.24, 2.45) is 5.14 Å². The summed E-state index contributed by atoms with van der Waals surface area (Å²) in [6.45, 7) is 1.52. The van der Waals surface area contributed by atoms with Crippen LogP contribution in [0.5, 0.6) is 0 Å². The lowest BCUT2D eigenvalue weighted by molar-refractivity contribution is -0.120. The van der Waals surface area contributed by atoms with Gasteiger partial charge < -0.3 is 10.6 Å². The molecule has 7 nitrogen and oxygen atoms in total. The number of carbonyl (C=O) groups excluding carboxylic acids is 2. The van der Waals surface area contributed by atoms with Crippen molar-refractivity contribution in [1.29, 1.82) is 0 Å². The molecule has 0 aliphatic carbocycles. The molecule has 0 spiro atoms. The third kappa shape index (κ3) is 5.29. The van der Waals surface area contributed by atoms with Crippen LogP contribution in [0.1, 0.15) is 28.9 Å². The Bertz CT molecular complexity index is 914. The molecule has 2 aromatic carbocycles. The van der Waals surface area contributed by atoms with Crippen LogP contribution in [0.25, 0.3) is 0 Å². The van der Waals surface area contributed by atoms with Crippen LogP contribution >= 0.6 is 11.6 Å². The molecule has 0 heterocycles. The predicted octanol–water partition coefficient (Wildman–Crippen LogP) is 1.59. The van der Waals surface area contributed by atoms with Crippen LogP contribution < -0.4 is 15.8 Å². The molecule has 0 saturated carbocycles. The van der Waals surface area contributed by atoms with Crippen LogP contribution in [0, 0.1) is 0 Å². The van der Waals surface area contributed by atoms with Crippen LogP contribution in [0.4, 0.5) is 0 Å². The van der Waals surface area contributed by atoms with E-state index in [1.54, 1.807) is 43.3 Å². The molecule has 0 aliphatic rings. The van der Waals surface area contributed by atoms with Gasteiger partial charge in [0.1, 0.15) is 0 Å². The number of primary sulfonamides is 1. The van der Waals surface area contributed by atoms with E-state index in [9.17, 15) is 18.0 Å². The molecule has 0 radical (unpaired) electrons. The molecule has 138 valence electrons. The third-order valence-electron chi connectivity index (χ3n) is 3.61. The largest absolute Gasteiger partial charge is 0.348 e. The first-order valence-corrected chi connectivity index (χ1v) is 9.56. The Morgan fingerprint density at radius 2 is 1.73 bits per heavy atom. The normalized spacial score (nSPS) is 12.3. The second-order valence-electron chi connectivity index (χ2n) is 5.57. The lowest BCUT2D eigenvalue weighted by Crippen LogP contribution is -2.38. The van der Waals surface area contributed by atoms with Crippen molar-refractivity contribution in [1.82, 2.24) is 10.6 Å². The molecule has 4 N–H and O–H groups in total. The van der Waals surface area contributed by atoms with Crippen molar-refractivity contribution in [2.45, 2.75) is 17.9 Å². The molecule has 0 fully saturated rings. The zero-order valence-corrected chi connectivity index (χ0v) is 15.5. The monoisotopic (exact) mass is 395 g/mol. The van der Waals surface area contributed by atoms with Crippen molar-refractivity contribution in [2.75, 3.05) is 6.54 Å². The maximum Gasteiger partial charge on any atom is 0.253 e. The number of hydrogen-bond acceptors (Lipinski definition) is 4. The fraction of sp³-hybridized carbons (Fsp3) is 0.176. The van der Waals surface area contributed by atoms with Gasteiger partial charge in [-0.2, -0.15) is 0 Å². The summed E-state index contributed by atoms with van der Waals surface area (Å²) < 4.78 is 22.5. The number of benzene rings is 2. The first kappa shape index (κ1) is 19.9. The van der Waals surface area contributed by atoms with Gasteiger partial charge in [-0.3, -0.25) is 9.59 Å². The highest BCUT2D eigenvalue weighted by atomic mass is 35.5. The average molecular weight is 396 g/mol. The molecule has 26 heavy (non-hydrogen) atoms. The minimum atomic E-state index is -3.76. The van der Waals surface area contributed by atoms with Crippen molar-refractivity contribution in [3.8, 4) is 0 Å². The van der Waals surface area contributed by atoms with Crippen LogP contribution in [0.3, 0.4) is 0 Å². The Morgan fingerprint density at radius 1 is 1.12 bits per heavy atom. The number of nitrogens with one attached hydrogen (secondary N) is 2. The molecule has 1 atom stereocenters. The maximum atomic E-state index is 12.0. The predicted molar refractivity (Wildman–Crippen MR) is 98.2 cm³/mol. The number of carbonyl (C=O) groups is 2. The number of sulfonamides is 1. The quantitative estimate of drug-likeness (QED) is 0.688. The Morgan fingerprint density at radius 3 is 2.31 bits per heavy atom. The third-order valence-corrected chi connectivity index (χ3v) is 4.87. The SMILES string of the molecule is CC(NC(=O)CNC(=O)c1ccccc1Cl)c1ccc(S(N)(=O)=O)cc1. The van der Waals surface area contributed by atoms with Gasteiger partial charge in [-0.1, -0.05) is 35.9 Å². The van der Waals surface area contributed by atoms with Crippen molar-refractivity contribution in [3.05, 3.63) is 64.7 Å². The highest BCUT2D eigenvalue weighted by molar-refractivity contribution is 7.89. The molecule has 2 amide bonds. The summed E-state index contributed by atoms with van der Waals surface area (Å²) in [5.74, 6) is -0.843. The van der Waals surface area contributed by atoms with Gasteiger partial charge in [0.25, 0.3) is 5.91 Å². The van der Waals surface area contributed by atoms with E-state index >= 15 is 0 Å². The van der Waals surface area contributed by atoms with Gasteiger partial charge in [0, 0.05) is 0 Å². The van der Waals surface area contributed by atoms with Crippen molar-refractivity contribution >= 4 is 33.4 Å². The summed E-state index contributed by atoms with van der Waals surface area (Å²) in [7, 11) is -3.76. The zero-order chi connectivity index (χ0) is 19.3. The molecule has 1 unspecified atom stereocenters. The van der Waals surface area contributed by atoms with E-state index in [4.69, 9.17) is 16.7 Å². The van der Waals surface area contributed by atoms with Gasteiger partial charge in [-0.15, -0.1) is 0 Å². The lowest BCUT2D eigenvalue weighted by Gasteiger charge is -2.15. The first-order valence-electron chi connectivity index (χ1n) is 7.63. The molecule has 0 bridgehead atoms. The summed E-state index contributed by atoms with van der Waals surface area (Å²) in [6.07, 6.45) is 0. The van der Waals surface area contributed by atoms with Crippen LogP contribution in [0.15, 0.2) is 53.4 Å². The average Bonchev–Trinajstić information content (AvgIpc) is 2.59. The second-order valence-corrected chi connectivity index (χ2v) is 7.53. The Labute approximate surface area is 156 Å². The highest BCUT2D eigenvalue weighted by Crippen LogP contribution is 2.16. The molecule has 0 aromatic heterocycles. The van der Waals surface area contributed by atoms with Gasteiger partial charge in [0.15, 0.2) is 0 Å². The second kappa shape index (κ2) is 8.31. The Hall–Kier alpha value is -2.42. The van der Waals surface area contributed by atoms with Crippen LogP contribution in [-0.4, -0.2) is 26.8 Å². The van der Waals surface area contributed by atoms with E-state index < -0.39 is 21.8 Å². The number of nitrogens with two attached hydrogens (primary N) is 1. The molecular formula is C17H18ClN3O4S. The Balaban J connectivity index is 1.91. The highest BCUT2D eigenvalue weighted by Gasteiger charge is 2.14. The summed E-state index contributed by atoms with van der Waals surface area (Å²) in [5.41, 5.74) is 0.983. The summed E-state index contributed by atoms with van der Waals surface area (Å²) in [4.78, 5) is 24.0. The number of amides is 2. The first-order chi connectivity index (χ1) is 12.2. The van der Waals surface area contributed by atoms with Crippen LogP contribution in [-0.2, 0) is 14.8 Å². The molecule has 0 aliphatic heterocycles. The van der Waals surface area contributed by atoms with E-state index in [0.29, 0.717) is 10.6 Å². The lowest BCUT2D eigenvalue weighted by atomic mass is 10.1. The number of hydrogen-bond donors (Lipinski definition) is 3. The zero-order valence-electron chi connectivity index (χ0n) is 13.9. The van der Waals surface area contributed by atoms with E-state index in [2.05, 4.69) is 10.6 Å². The van der Waals surface area contributed by atoms with E-state index in [0.717, 1.165) is 0 Å². The topological polar surface area (TPSA) is 118 Å². The minimum Gasteiger partial charge on any atom is -0.348 e. The van der Waals surface area contributed by atoms with Gasteiger partial charge >= 0.3 is 0 Å². The van der Waals surface area contributed by atoms with E-state index in [1.165, 1.54) is 12.1 Å². The standard InChI is InChI=1S/C17H18ClN3O4S/c1-11(12-6-8-13(9-7-12)26(19,24)25)21-16(22)10-20-17(23)14-4-2-3-5-15(14)18/h2-9,11H,10H2,1H3,(H,20,23)(H,21,22)(H2,19,24,25). The van der Waals surface area contributed by atoms with Gasteiger partial charge in [-0.25, -0.2) is 13.6 Å². The molecule has 2 aromatic rings. The molecule has 0 saturated heterocycles. The molecule has 9 heteroatoms. The fourth-order valence-corrected chi connectivity index (χ4v) is 2.96. The van der Waals surface area contributed by atoms with Gasteiger partial charge in [-0.05, 0) is 36.8 Å². The van der Waals surface area contributed by atoms with Gasteiger partial charge in [0.2, 0.25) is 15.9 Å². The van der Waals surface area contributed by atoms with Crippen molar-refractivity contribution in [3.63, 3.8) is 0 Å². The molecule has 2 rings (SSSR count). The fourth-order valence-electron chi connectivity index (χ4n) is 2.22. The van der Waals surface area contributed by atoms with Crippen molar-refractivity contribution < 1.29 is 18.0 Å².